The zero-order chi connectivity index (χ0) is 13.0. The van der Waals surface area contributed by atoms with Crippen LogP contribution in [0.25, 0.3) is 5.69 Å². The lowest BCUT2D eigenvalue weighted by molar-refractivity contribution is 0.726. The Morgan fingerprint density at radius 1 is 1.28 bits per heavy atom. The summed E-state index contributed by atoms with van der Waals surface area (Å²) < 4.78 is 2.17. The quantitative estimate of drug-likeness (QED) is 0.875. The molecule has 0 aliphatic rings. The van der Waals surface area contributed by atoms with Crippen molar-refractivity contribution in [3.8, 4) is 5.69 Å². The molecule has 0 saturated carbocycles. The van der Waals surface area contributed by atoms with E-state index >= 15 is 0 Å². The number of rotatable bonds is 5. The second kappa shape index (κ2) is 5.83. The number of hydrogen-bond donors (Lipinski definition) is 1. The van der Waals surface area contributed by atoms with Crippen molar-refractivity contribution in [1.29, 1.82) is 0 Å². The number of aryl methyl sites for hydroxylation is 2. The van der Waals surface area contributed by atoms with Gasteiger partial charge in [0.1, 0.15) is 5.82 Å². The highest BCUT2D eigenvalue weighted by molar-refractivity contribution is 5.43. The lowest BCUT2D eigenvalue weighted by Crippen LogP contribution is -2.12. The molecule has 96 valence electrons. The molecule has 0 radical (unpaired) electrons. The van der Waals surface area contributed by atoms with Crippen LogP contribution in [0.4, 0.5) is 0 Å². The van der Waals surface area contributed by atoms with Crippen LogP contribution in [0.3, 0.4) is 0 Å². The van der Waals surface area contributed by atoms with Gasteiger partial charge in [0.25, 0.3) is 0 Å². The maximum absolute atomic E-state index is 4.37. The average Bonchev–Trinajstić information content (AvgIpc) is 2.84. The Morgan fingerprint density at radius 3 is 2.78 bits per heavy atom. The molecule has 0 atom stereocenters. The van der Waals surface area contributed by atoms with Crippen LogP contribution in [0.1, 0.15) is 30.8 Å². The molecule has 0 aliphatic carbocycles. The van der Waals surface area contributed by atoms with Gasteiger partial charge in [-0.2, -0.15) is 0 Å². The monoisotopic (exact) mass is 243 g/mol. The van der Waals surface area contributed by atoms with Crippen LogP contribution >= 0.6 is 0 Å². The average molecular weight is 243 g/mol. The number of benzene rings is 1. The van der Waals surface area contributed by atoms with Crippen molar-refractivity contribution >= 4 is 0 Å². The topological polar surface area (TPSA) is 29.9 Å². The smallest absolute Gasteiger partial charge is 0.112 e. The molecule has 0 aliphatic heterocycles. The number of aromatic nitrogens is 2. The molecule has 0 fully saturated rings. The van der Waals surface area contributed by atoms with Crippen LogP contribution in [0.2, 0.25) is 0 Å². The molecule has 1 N–H and O–H groups in total. The van der Waals surface area contributed by atoms with E-state index in [0.717, 1.165) is 25.3 Å². The molecule has 0 bridgehead atoms. The zero-order valence-electron chi connectivity index (χ0n) is 11.4. The van der Waals surface area contributed by atoms with Gasteiger partial charge in [0.2, 0.25) is 0 Å². The molecule has 1 aromatic carbocycles. The van der Waals surface area contributed by atoms with Gasteiger partial charge in [-0.3, -0.25) is 0 Å². The predicted molar refractivity (Wildman–Crippen MR) is 75.1 cm³/mol. The van der Waals surface area contributed by atoms with E-state index in [-0.39, 0.29) is 0 Å². The van der Waals surface area contributed by atoms with Gasteiger partial charge in [0.05, 0.1) is 0 Å². The van der Waals surface area contributed by atoms with Gasteiger partial charge in [-0.25, -0.2) is 4.98 Å². The summed E-state index contributed by atoms with van der Waals surface area (Å²) in [5, 5.41) is 3.35. The van der Waals surface area contributed by atoms with Crippen molar-refractivity contribution in [2.75, 3.05) is 6.54 Å². The second-order valence-corrected chi connectivity index (χ2v) is 4.47. The summed E-state index contributed by atoms with van der Waals surface area (Å²) >= 11 is 0. The predicted octanol–water partition coefficient (Wildman–Crippen LogP) is 2.85. The van der Waals surface area contributed by atoms with Gasteiger partial charge in [-0.05, 0) is 30.7 Å². The molecule has 3 heteroatoms. The highest BCUT2D eigenvalue weighted by Gasteiger charge is 2.06. The molecule has 1 heterocycles. The molecule has 1 aromatic heterocycles. The van der Waals surface area contributed by atoms with E-state index in [9.17, 15) is 0 Å². The van der Waals surface area contributed by atoms with Crippen molar-refractivity contribution in [1.82, 2.24) is 14.9 Å². The largest absolute Gasteiger partial charge is 0.313 e. The molecule has 0 saturated heterocycles. The zero-order valence-corrected chi connectivity index (χ0v) is 11.4. The standard InChI is InChI=1S/C15H21N3/c1-4-15-17-8-9-18(15)14-7-6-13(10-12(14)3)11-16-5-2/h6-10,16H,4-5,11H2,1-3H3. The van der Waals surface area contributed by atoms with Crippen LogP contribution in [0.5, 0.6) is 0 Å². The number of hydrogen-bond acceptors (Lipinski definition) is 2. The first kappa shape index (κ1) is 12.8. The lowest BCUT2D eigenvalue weighted by Gasteiger charge is -2.12. The van der Waals surface area contributed by atoms with Gasteiger partial charge >= 0.3 is 0 Å². The fourth-order valence-electron chi connectivity index (χ4n) is 2.18. The van der Waals surface area contributed by atoms with Crippen molar-refractivity contribution < 1.29 is 0 Å². The summed E-state index contributed by atoms with van der Waals surface area (Å²) in [5.41, 5.74) is 3.85. The maximum atomic E-state index is 4.37. The van der Waals surface area contributed by atoms with Crippen LogP contribution in [-0.2, 0) is 13.0 Å². The Balaban J connectivity index is 2.30. The van der Waals surface area contributed by atoms with Crippen molar-refractivity contribution in [2.24, 2.45) is 0 Å². The summed E-state index contributed by atoms with van der Waals surface area (Å²) in [4.78, 5) is 4.37. The molecule has 3 nitrogen and oxygen atoms in total. The maximum Gasteiger partial charge on any atom is 0.112 e. The van der Waals surface area contributed by atoms with E-state index in [1.165, 1.54) is 16.8 Å². The molecule has 2 rings (SSSR count). The van der Waals surface area contributed by atoms with E-state index in [1.54, 1.807) is 0 Å². The normalized spacial score (nSPS) is 10.8. The summed E-state index contributed by atoms with van der Waals surface area (Å²) in [5.74, 6) is 1.11. The molecule has 18 heavy (non-hydrogen) atoms. The molecule has 2 aromatic rings. The van der Waals surface area contributed by atoms with Crippen LogP contribution in [0, 0.1) is 6.92 Å². The van der Waals surface area contributed by atoms with Crippen LogP contribution in [0.15, 0.2) is 30.6 Å². The Morgan fingerprint density at radius 2 is 2.11 bits per heavy atom. The van der Waals surface area contributed by atoms with Crippen LogP contribution < -0.4 is 5.32 Å². The Kier molecular flexibility index (Phi) is 4.15. The highest BCUT2D eigenvalue weighted by Crippen LogP contribution is 2.17. The Bertz CT molecular complexity index is 514. The van der Waals surface area contributed by atoms with E-state index in [1.807, 2.05) is 12.4 Å². The first-order valence-electron chi connectivity index (χ1n) is 6.59. The third kappa shape index (κ3) is 2.62. The second-order valence-electron chi connectivity index (χ2n) is 4.47. The van der Waals surface area contributed by atoms with Crippen LogP contribution in [-0.4, -0.2) is 16.1 Å². The molecular formula is C15H21N3. The van der Waals surface area contributed by atoms with E-state index < -0.39 is 0 Å². The minimum absolute atomic E-state index is 0.933. The summed E-state index contributed by atoms with van der Waals surface area (Å²) in [6.07, 6.45) is 4.85. The molecule has 0 unspecified atom stereocenters. The minimum atomic E-state index is 0.933. The van der Waals surface area contributed by atoms with Gasteiger partial charge in [0, 0.05) is 31.0 Å². The third-order valence-corrected chi connectivity index (χ3v) is 3.13. The number of imidazole rings is 1. The summed E-state index contributed by atoms with van der Waals surface area (Å²) in [6, 6.07) is 6.62. The van der Waals surface area contributed by atoms with Gasteiger partial charge in [-0.1, -0.05) is 26.0 Å². The number of nitrogens with one attached hydrogen (secondary N) is 1. The van der Waals surface area contributed by atoms with Gasteiger partial charge in [0.15, 0.2) is 0 Å². The van der Waals surface area contributed by atoms with Crippen molar-refractivity contribution in [3.63, 3.8) is 0 Å². The molecule has 0 amide bonds. The SMILES string of the molecule is CCNCc1ccc(-n2ccnc2CC)c(C)c1. The van der Waals surface area contributed by atoms with E-state index in [4.69, 9.17) is 0 Å². The van der Waals surface area contributed by atoms with E-state index in [2.05, 4.69) is 53.8 Å². The molecular weight excluding hydrogens is 222 g/mol. The first-order chi connectivity index (χ1) is 8.76. The highest BCUT2D eigenvalue weighted by atomic mass is 15.1. The van der Waals surface area contributed by atoms with Gasteiger partial charge < -0.3 is 9.88 Å². The summed E-state index contributed by atoms with van der Waals surface area (Å²) in [7, 11) is 0. The Hall–Kier alpha value is -1.61. The third-order valence-electron chi connectivity index (χ3n) is 3.13. The fraction of sp³-hybridized carbons (Fsp3) is 0.400. The van der Waals surface area contributed by atoms with Crippen molar-refractivity contribution in [2.45, 2.75) is 33.7 Å². The minimum Gasteiger partial charge on any atom is -0.313 e. The molecule has 0 spiro atoms. The van der Waals surface area contributed by atoms with E-state index in [0.29, 0.717) is 0 Å². The number of nitrogens with zero attached hydrogens (tertiary/aromatic N) is 2. The van der Waals surface area contributed by atoms with Crippen molar-refractivity contribution in [3.05, 3.63) is 47.5 Å². The summed E-state index contributed by atoms with van der Waals surface area (Å²) in [6.45, 7) is 8.35. The lowest BCUT2D eigenvalue weighted by atomic mass is 10.1. The first-order valence-corrected chi connectivity index (χ1v) is 6.59. The fourth-order valence-corrected chi connectivity index (χ4v) is 2.18. The van der Waals surface area contributed by atoms with Gasteiger partial charge in [-0.15, -0.1) is 0 Å². The Labute approximate surface area is 109 Å².